The van der Waals surface area contributed by atoms with Crippen LogP contribution < -0.4 is 162 Å². The van der Waals surface area contributed by atoms with Crippen molar-refractivity contribution in [3.63, 3.8) is 0 Å². The van der Waals surface area contributed by atoms with Crippen LogP contribution in [0.25, 0.3) is 0 Å². The van der Waals surface area contributed by atoms with E-state index in [1.807, 2.05) is 0 Å². The number of hydrogen-bond acceptors (Lipinski definition) is 23. The molecule has 32 heteroatoms. The molecule has 25 nitrogen and oxygen atoms in total. The van der Waals surface area contributed by atoms with Gasteiger partial charge in [-0.05, 0) is 0 Å². The van der Waals surface area contributed by atoms with Crippen LogP contribution in [-0.4, -0.2) is 68.7 Å². The molecule has 0 fully saturated rings. The number of carbonyl (C=O) groups is 4. The maximum Gasteiger partial charge on any atom is 1.00 e. The average molecular weight is 732 g/mol. The van der Waals surface area contributed by atoms with Gasteiger partial charge in [-0.3, -0.25) is 9.11 Å². The molecule has 0 saturated heterocycles. The normalized spacial score (nSPS) is 9.59. The Labute approximate surface area is 338 Å². The molecule has 0 saturated carbocycles. The van der Waals surface area contributed by atoms with E-state index in [0.717, 1.165) is 0 Å². The van der Waals surface area contributed by atoms with Crippen molar-refractivity contribution in [1.29, 1.82) is 21.0 Å². The van der Waals surface area contributed by atoms with Crippen LogP contribution in [0.1, 0.15) is 12.8 Å². The first-order valence-corrected chi connectivity index (χ1v) is 12.3. The van der Waals surface area contributed by atoms with E-state index in [1.165, 1.54) is 24.8 Å². The summed E-state index contributed by atoms with van der Waals surface area (Å²) in [6.45, 7) is 0. The van der Waals surface area contributed by atoms with Gasteiger partial charge in [-0.15, -0.1) is 3.63 Å². The minimum Gasteiger partial charge on any atom is -0.550 e. The third-order valence-corrected chi connectivity index (χ3v) is 5.75. The number of rotatable bonds is 10. The zero-order valence-electron chi connectivity index (χ0n) is 22.9. The molecule has 228 valence electrons. The van der Waals surface area contributed by atoms with E-state index in [9.17, 15) is 56.4 Å². The molecule has 10 N–H and O–H groups in total. The van der Waals surface area contributed by atoms with Crippen LogP contribution in [0.5, 0.6) is 0 Å². The number of nitriles is 4. The number of nitrogens with zero attached hydrogens (tertiary/aromatic N) is 4. The fourth-order valence-electron chi connectivity index (χ4n) is 1.14. The first-order chi connectivity index (χ1) is 17.9. The van der Waals surface area contributed by atoms with Gasteiger partial charge in [0.05, 0.1) is 11.9 Å². The first-order valence-electron chi connectivity index (χ1n) is 7.95. The smallest absolute Gasteiger partial charge is 0.550 e. The molecule has 0 rings (SSSR count). The number of nitrogens with two attached hydrogens (primary N) is 4. The molecule has 0 aromatic carbocycles. The van der Waals surface area contributed by atoms with Gasteiger partial charge in [0, 0.05) is 24.8 Å². The van der Waals surface area contributed by atoms with E-state index in [4.69, 9.17) is 38.6 Å². The molecular weight excluding hydrogens is 716 g/mol. The second-order valence-corrected chi connectivity index (χ2v) is 9.33. The van der Waals surface area contributed by atoms with E-state index in [0.29, 0.717) is 0 Å². The predicted octanol–water partition coefficient (Wildman–Crippen LogP) is -22.8. The maximum atomic E-state index is 11.4. The fourth-order valence-corrected chi connectivity index (χ4v) is 4.10. The molecule has 0 aliphatic heterocycles. The number of carboxylic acid groups (broad SMARTS) is 4. The largest absolute Gasteiger partial charge is 1.00 e. The SMILES string of the molecule is N#CN.N#CN.N#CN.N#CN.O=C([O-])CC(C(=O)[O-])S(=O)(=O)OS(=O)(=O)C(CC(=O)[O-])C(=O)[O-].O=S(=O)(O)O.[Na+].[Na+].[Na+].[Na+]. The Morgan fingerprint density at radius 3 is 0.818 bits per heavy atom. The number of carbonyl (C=O) groups excluding carboxylic acids is 4. The Balaban J connectivity index is -0.0000000572. The third-order valence-electron chi connectivity index (χ3n) is 2.12. The van der Waals surface area contributed by atoms with Gasteiger partial charge in [0.25, 0.3) is 20.2 Å². The van der Waals surface area contributed by atoms with Crippen molar-refractivity contribution >= 4 is 54.5 Å². The Kier molecular flexibility index (Phi) is 62.8. The van der Waals surface area contributed by atoms with Crippen LogP contribution in [0.4, 0.5) is 0 Å². The molecule has 0 bridgehead atoms. The molecule has 44 heavy (non-hydrogen) atoms. The second-order valence-electron chi connectivity index (χ2n) is 4.79. The van der Waals surface area contributed by atoms with Crippen LogP contribution in [0, 0.1) is 45.8 Å². The number of hydrogen-bond donors (Lipinski definition) is 6. The molecule has 0 radical (unpaired) electrons. The van der Waals surface area contributed by atoms with Crippen LogP contribution >= 0.6 is 0 Å². The molecule has 0 aromatic heterocycles. The van der Waals surface area contributed by atoms with Crippen molar-refractivity contribution in [2.45, 2.75) is 23.3 Å². The Morgan fingerprint density at radius 2 is 0.727 bits per heavy atom. The van der Waals surface area contributed by atoms with Crippen LogP contribution in [0.3, 0.4) is 0 Å². The number of aliphatic carboxylic acids is 4. The monoisotopic (exact) mass is 732 g/mol. The summed E-state index contributed by atoms with van der Waals surface area (Å²) in [5.41, 5.74) is 16.6. The fraction of sp³-hybridized carbons (Fsp3) is 0.333. The van der Waals surface area contributed by atoms with Crippen molar-refractivity contribution in [1.82, 2.24) is 0 Å². The van der Waals surface area contributed by atoms with Crippen LogP contribution in [0.15, 0.2) is 0 Å². The topological polar surface area (TPSA) is 512 Å². The Morgan fingerprint density at radius 1 is 0.591 bits per heavy atom. The quantitative estimate of drug-likeness (QED) is 0.0525. The molecule has 2 atom stereocenters. The molecule has 0 aromatic rings. The summed E-state index contributed by atoms with van der Waals surface area (Å²) in [4.78, 5) is 41.6. The molecule has 0 amide bonds. The molecule has 0 aliphatic carbocycles. The molecule has 0 spiro atoms. The van der Waals surface area contributed by atoms with Gasteiger partial charge in [-0.1, -0.05) is 0 Å². The summed E-state index contributed by atoms with van der Waals surface area (Å²) in [5.74, 6) is -9.60. The molecular formula is C12H16N8Na4O17S3. The standard InChI is InChI=1S/C8H10O13S2.4CH2N2.4Na.H2O4S/c9-5(10)1-3(7(13)14)22(17,18)21-23(19,20)4(8(15)16)2-6(11)12;4*2-1-3;;;;;1-5(2,3)4/h3-4H,1-2H2,(H,9,10)(H,11,12)(H,13,14)(H,15,16);4*2H2;;;;;(H2,1,2,3,4)/q;;;;;4*+1;/p-4. The summed E-state index contributed by atoms with van der Waals surface area (Å²) in [6, 6.07) is 0. The van der Waals surface area contributed by atoms with Gasteiger partial charge >= 0.3 is 129 Å². The van der Waals surface area contributed by atoms with E-state index >= 15 is 0 Å². The molecule has 0 aliphatic rings. The summed E-state index contributed by atoms with van der Waals surface area (Å²) < 4.78 is 80.8. The van der Waals surface area contributed by atoms with Gasteiger partial charge in [-0.25, -0.2) is 0 Å². The maximum absolute atomic E-state index is 11.4. The minimum absolute atomic E-state index is 0. The number of carboxylic acids is 4. The van der Waals surface area contributed by atoms with Crippen LogP contribution in [-0.2, 0) is 53.4 Å². The van der Waals surface area contributed by atoms with Gasteiger partial charge in [0.2, 0.25) is 0 Å². The van der Waals surface area contributed by atoms with E-state index in [2.05, 4.69) is 26.6 Å². The van der Waals surface area contributed by atoms with Crippen molar-refractivity contribution < 1.29 is 196 Å². The van der Waals surface area contributed by atoms with E-state index in [-0.39, 0.29) is 118 Å². The zero-order valence-corrected chi connectivity index (χ0v) is 33.4. The van der Waals surface area contributed by atoms with E-state index < -0.39 is 77.9 Å². The van der Waals surface area contributed by atoms with Crippen molar-refractivity contribution in [2.75, 3.05) is 0 Å². The third kappa shape index (κ3) is 60.0. The van der Waals surface area contributed by atoms with Crippen molar-refractivity contribution in [3.05, 3.63) is 0 Å². The Hall–Kier alpha value is -1.23. The molecule has 0 heterocycles. The Bertz CT molecular complexity index is 1200. The summed E-state index contributed by atoms with van der Waals surface area (Å²) in [7, 11) is -16.2. The minimum atomic E-state index is -5.76. The first kappa shape index (κ1) is 69.5. The summed E-state index contributed by atoms with van der Waals surface area (Å²) in [5, 5.41) is 63.9. The van der Waals surface area contributed by atoms with Gasteiger partial charge in [0.1, 0.15) is 10.5 Å². The predicted molar refractivity (Wildman–Crippen MR) is 109 cm³/mol. The zero-order chi connectivity index (χ0) is 33.9. The molecule has 2 unspecified atom stereocenters. The average Bonchev–Trinajstić information content (AvgIpc) is 2.70. The van der Waals surface area contributed by atoms with Crippen molar-refractivity contribution in [3.8, 4) is 24.8 Å². The van der Waals surface area contributed by atoms with Gasteiger partial charge in [0.15, 0.2) is 24.8 Å². The van der Waals surface area contributed by atoms with E-state index in [1.54, 1.807) is 0 Å². The summed E-state index contributed by atoms with van der Waals surface area (Å²) >= 11 is 0. The van der Waals surface area contributed by atoms with Gasteiger partial charge in [-0.2, -0.15) is 46.3 Å². The summed E-state index contributed by atoms with van der Waals surface area (Å²) in [6.07, 6.45) is 1.47. The van der Waals surface area contributed by atoms with Gasteiger partial charge < -0.3 is 62.5 Å². The second kappa shape index (κ2) is 39.8. The van der Waals surface area contributed by atoms with Crippen molar-refractivity contribution in [2.24, 2.45) is 22.9 Å². The van der Waals surface area contributed by atoms with Crippen LogP contribution in [0.2, 0.25) is 0 Å².